The number of aromatic nitrogens is 1. The summed E-state index contributed by atoms with van der Waals surface area (Å²) in [5, 5.41) is 12.9. The normalized spacial score (nSPS) is 13.1. The Hall–Kier alpha value is -1.13. The summed E-state index contributed by atoms with van der Waals surface area (Å²) in [7, 11) is 0. The molecule has 0 bridgehead atoms. The van der Waals surface area contributed by atoms with Gasteiger partial charge in [0.1, 0.15) is 0 Å². The van der Waals surface area contributed by atoms with Crippen LogP contribution >= 0.6 is 0 Å². The average molecular weight is 224 g/mol. The number of aliphatic hydroxyl groups excluding tert-OH is 1. The number of hydrogen-bond donors (Lipinski definition) is 2. The van der Waals surface area contributed by atoms with Gasteiger partial charge in [0.05, 0.1) is 12.6 Å². The van der Waals surface area contributed by atoms with Crippen LogP contribution in [0.3, 0.4) is 0 Å². The largest absolute Gasteiger partial charge is 0.390 e. The Morgan fingerprint density at radius 3 is 2.69 bits per heavy atom. The van der Waals surface area contributed by atoms with E-state index in [4.69, 9.17) is 0 Å². The minimum Gasteiger partial charge on any atom is -0.390 e. The lowest BCUT2D eigenvalue weighted by atomic mass is 10.3. The second kappa shape index (κ2) is 5.82. The second-order valence-corrected chi connectivity index (χ2v) is 4.33. The molecule has 0 aliphatic rings. The van der Waals surface area contributed by atoms with Crippen molar-refractivity contribution in [3.8, 4) is 0 Å². The van der Waals surface area contributed by atoms with Crippen LogP contribution in [0, 0.1) is 6.92 Å². The summed E-state index contributed by atoms with van der Waals surface area (Å²) in [5.41, 5.74) is 0.805. The Morgan fingerprint density at radius 2 is 2.12 bits per heavy atom. The number of rotatable bonds is 5. The maximum absolute atomic E-state index is 11.5. The maximum Gasteiger partial charge on any atom is 0.250 e. The van der Waals surface area contributed by atoms with Crippen LogP contribution < -0.4 is 10.9 Å². The molecule has 90 valence electrons. The molecule has 0 aliphatic carbocycles. The van der Waals surface area contributed by atoms with E-state index in [1.165, 1.54) is 6.07 Å². The van der Waals surface area contributed by atoms with Crippen molar-refractivity contribution in [2.45, 2.75) is 39.5 Å². The Bertz CT molecular complexity index is 385. The fraction of sp³-hybridized carbons (Fsp3) is 0.583. The van der Waals surface area contributed by atoms with Gasteiger partial charge in [0.2, 0.25) is 0 Å². The van der Waals surface area contributed by atoms with Crippen LogP contribution in [-0.2, 0) is 6.54 Å². The first-order chi connectivity index (χ1) is 7.50. The van der Waals surface area contributed by atoms with E-state index in [-0.39, 0.29) is 5.56 Å². The van der Waals surface area contributed by atoms with Gasteiger partial charge in [-0.1, -0.05) is 19.9 Å². The van der Waals surface area contributed by atoms with Gasteiger partial charge in [-0.2, -0.15) is 0 Å². The first-order valence-electron chi connectivity index (χ1n) is 5.58. The molecule has 0 spiro atoms. The summed E-state index contributed by atoms with van der Waals surface area (Å²) in [5.74, 6) is 0. The van der Waals surface area contributed by atoms with E-state index in [1.807, 2.05) is 26.8 Å². The SMILES string of the molecule is Cc1cccc(=O)n1CC(O)CNC(C)C. The zero-order valence-corrected chi connectivity index (χ0v) is 10.1. The van der Waals surface area contributed by atoms with Crippen molar-refractivity contribution in [1.29, 1.82) is 0 Å². The number of nitrogens with zero attached hydrogens (tertiary/aromatic N) is 1. The van der Waals surface area contributed by atoms with Gasteiger partial charge >= 0.3 is 0 Å². The van der Waals surface area contributed by atoms with Gasteiger partial charge in [0, 0.05) is 24.3 Å². The smallest absolute Gasteiger partial charge is 0.250 e. The Kier molecular flexibility index (Phi) is 4.71. The Morgan fingerprint density at radius 1 is 1.44 bits per heavy atom. The molecular weight excluding hydrogens is 204 g/mol. The molecular formula is C12H20N2O2. The monoisotopic (exact) mass is 224 g/mol. The van der Waals surface area contributed by atoms with E-state index >= 15 is 0 Å². The molecule has 0 aromatic carbocycles. The Balaban J connectivity index is 2.62. The van der Waals surface area contributed by atoms with Crippen molar-refractivity contribution < 1.29 is 5.11 Å². The van der Waals surface area contributed by atoms with E-state index < -0.39 is 6.10 Å². The van der Waals surface area contributed by atoms with Gasteiger partial charge < -0.3 is 15.0 Å². The van der Waals surface area contributed by atoms with E-state index in [1.54, 1.807) is 10.6 Å². The maximum atomic E-state index is 11.5. The number of aliphatic hydroxyl groups is 1. The van der Waals surface area contributed by atoms with Crippen molar-refractivity contribution in [3.05, 3.63) is 34.2 Å². The molecule has 0 radical (unpaired) electrons. The second-order valence-electron chi connectivity index (χ2n) is 4.33. The van der Waals surface area contributed by atoms with E-state index in [0.29, 0.717) is 19.1 Å². The molecule has 1 unspecified atom stereocenters. The summed E-state index contributed by atoms with van der Waals surface area (Å²) in [6.07, 6.45) is -0.541. The third-order valence-electron chi connectivity index (χ3n) is 2.42. The van der Waals surface area contributed by atoms with Gasteiger partial charge in [0.25, 0.3) is 5.56 Å². The first-order valence-corrected chi connectivity index (χ1v) is 5.58. The van der Waals surface area contributed by atoms with Gasteiger partial charge in [-0.3, -0.25) is 4.79 Å². The quantitative estimate of drug-likeness (QED) is 0.766. The highest BCUT2D eigenvalue weighted by molar-refractivity contribution is 5.04. The summed E-state index contributed by atoms with van der Waals surface area (Å²) in [4.78, 5) is 11.5. The predicted octanol–water partition coefficient (Wildman–Crippen LogP) is 0.516. The van der Waals surface area contributed by atoms with E-state index in [0.717, 1.165) is 5.69 Å². The first kappa shape index (κ1) is 12.9. The van der Waals surface area contributed by atoms with E-state index in [2.05, 4.69) is 5.32 Å². The molecule has 2 N–H and O–H groups in total. The molecule has 1 aromatic heterocycles. The highest BCUT2D eigenvalue weighted by Gasteiger charge is 2.08. The van der Waals surface area contributed by atoms with Gasteiger partial charge in [0.15, 0.2) is 0 Å². The van der Waals surface area contributed by atoms with Crippen LogP contribution in [0.5, 0.6) is 0 Å². The van der Waals surface area contributed by atoms with E-state index in [9.17, 15) is 9.90 Å². The molecule has 0 fully saturated rings. The van der Waals surface area contributed by atoms with Crippen molar-refractivity contribution in [2.24, 2.45) is 0 Å². The number of nitrogens with one attached hydrogen (secondary N) is 1. The fourth-order valence-corrected chi connectivity index (χ4v) is 1.50. The number of pyridine rings is 1. The molecule has 1 heterocycles. The molecule has 0 amide bonds. The van der Waals surface area contributed by atoms with Crippen LogP contribution in [0.15, 0.2) is 23.0 Å². The summed E-state index contributed by atoms with van der Waals surface area (Å²) >= 11 is 0. The molecule has 0 aliphatic heterocycles. The summed E-state index contributed by atoms with van der Waals surface area (Å²) < 4.78 is 1.59. The highest BCUT2D eigenvalue weighted by Crippen LogP contribution is 1.96. The lowest BCUT2D eigenvalue weighted by Gasteiger charge is -2.16. The molecule has 1 aromatic rings. The zero-order chi connectivity index (χ0) is 12.1. The highest BCUT2D eigenvalue weighted by atomic mass is 16.3. The van der Waals surface area contributed by atoms with Crippen molar-refractivity contribution in [3.63, 3.8) is 0 Å². The van der Waals surface area contributed by atoms with Crippen LogP contribution in [0.1, 0.15) is 19.5 Å². The van der Waals surface area contributed by atoms with Crippen molar-refractivity contribution in [1.82, 2.24) is 9.88 Å². The van der Waals surface area contributed by atoms with Gasteiger partial charge in [-0.15, -0.1) is 0 Å². The minimum atomic E-state index is -0.541. The van der Waals surface area contributed by atoms with Crippen molar-refractivity contribution >= 4 is 0 Å². The Labute approximate surface area is 95.9 Å². The standard InChI is InChI=1S/C12H20N2O2/c1-9(2)13-7-11(15)8-14-10(3)5-4-6-12(14)16/h4-6,9,11,13,15H,7-8H2,1-3H3. The lowest BCUT2D eigenvalue weighted by Crippen LogP contribution is -2.37. The average Bonchev–Trinajstić information content (AvgIpc) is 2.21. The van der Waals surface area contributed by atoms with Crippen molar-refractivity contribution in [2.75, 3.05) is 6.54 Å². The van der Waals surface area contributed by atoms with Gasteiger partial charge in [-0.25, -0.2) is 0 Å². The number of hydrogen-bond acceptors (Lipinski definition) is 3. The molecule has 1 rings (SSSR count). The minimum absolute atomic E-state index is 0.0661. The third kappa shape index (κ3) is 3.79. The molecule has 4 nitrogen and oxygen atoms in total. The predicted molar refractivity (Wildman–Crippen MR) is 64.6 cm³/mol. The molecule has 1 atom stereocenters. The van der Waals surface area contributed by atoms with Crippen LogP contribution in [0.4, 0.5) is 0 Å². The lowest BCUT2D eigenvalue weighted by molar-refractivity contribution is 0.147. The third-order valence-corrected chi connectivity index (χ3v) is 2.42. The molecule has 0 saturated carbocycles. The summed E-state index contributed by atoms with van der Waals surface area (Å²) in [6, 6.07) is 5.44. The van der Waals surface area contributed by atoms with Crippen LogP contribution in [-0.4, -0.2) is 28.4 Å². The molecule has 16 heavy (non-hydrogen) atoms. The topological polar surface area (TPSA) is 54.3 Å². The molecule has 4 heteroatoms. The number of aryl methyl sites for hydroxylation is 1. The van der Waals surface area contributed by atoms with Crippen LogP contribution in [0.25, 0.3) is 0 Å². The summed E-state index contributed by atoms with van der Waals surface area (Å²) in [6.45, 7) is 6.74. The molecule has 0 saturated heterocycles. The van der Waals surface area contributed by atoms with Crippen LogP contribution in [0.2, 0.25) is 0 Å². The zero-order valence-electron chi connectivity index (χ0n) is 10.1. The van der Waals surface area contributed by atoms with Gasteiger partial charge in [-0.05, 0) is 13.0 Å². The fourth-order valence-electron chi connectivity index (χ4n) is 1.50.